The Morgan fingerprint density at radius 1 is 1.38 bits per heavy atom. The minimum absolute atomic E-state index is 0.00989. The van der Waals surface area contributed by atoms with E-state index < -0.39 is 5.38 Å². The van der Waals surface area contributed by atoms with Crippen molar-refractivity contribution in [2.45, 2.75) is 25.6 Å². The van der Waals surface area contributed by atoms with Crippen LogP contribution in [0.15, 0.2) is 24.3 Å². The molecule has 1 atom stereocenters. The van der Waals surface area contributed by atoms with Crippen LogP contribution in [-0.2, 0) is 6.42 Å². The van der Waals surface area contributed by atoms with E-state index in [0.29, 0.717) is 5.56 Å². The number of aryl methyl sites for hydroxylation is 1. The highest BCUT2D eigenvalue weighted by molar-refractivity contribution is 6.33. The number of rotatable bonds is 3. The van der Waals surface area contributed by atoms with Crippen molar-refractivity contribution >= 4 is 17.4 Å². The molecule has 1 aromatic rings. The van der Waals surface area contributed by atoms with Gasteiger partial charge in [0.2, 0.25) is 0 Å². The Balaban J connectivity index is 2.86. The van der Waals surface area contributed by atoms with E-state index in [1.807, 2.05) is 24.3 Å². The Morgan fingerprint density at radius 2 is 1.92 bits per heavy atom. The van der Waals surface area contributed by atoms with Crippen molar-refractivity contribution < 1.29 is 4.79 Å². The molecule has 0 N–H and O–H groups in total. The molecule has 0 spiro atoms. The van der Waals surface area contributed by atoms with Crippen LogP contribution in [0.2, 0.25) is 0 Å². The zero-order valence-corrected chi connectivity index (χ0v) is 8.64. The summed E-state index contributed by atoms with van der Waals surface area (Å²) in [6.45, 7) is 3.78. The van der Waals surface area contributed by atoms with E-state index in [-0.39, 0.29) is 5.78 Å². The topological polar surface area (TPSA) is 17.1 Å². The van der Waals surface area contributed by atoms with Gasteiger partial charge in [-0.25, -0.2) is 0 Å². The van der Waals surface area contributed by atoms with Crippen molar-refractivity contribution in [2.75, 3.05) is 0 Å². The van der Waals surface area contributed by atoms with Gasteiger partial charge in [0, 0.05) is 5.56 Å². The van der Waals surface area contributed by atoms with Crippen LogP contribution in [0.3, 0.4) is 0 Å². The first kappa shape index (κ1) is 10.3. The lowest BCUT2D eigenvalue weighted by Crippen LogP contribution is -2.10. The highest BCUT2D eigenvalue weighted by Gasteiger charge is 2.11. The molecule has 0 aliphatic rings. The van der Waals surface area contributed by atoms with Gasteiger partial charge >= 0.3 is 0 Å². The van der Waals surface area contributed by atoms with Gasteiger partial charge in [0.05, 0.1) is 5.38 Å². The molecule has 0 fully saturated rings. The van der Waals surface area contributed by atoms with Gasteiger partial charge in [-0.2, -0.15) is 0 Å². The monoisotopic (exact) mass is 196 g/mol. The summed E-state index contributed by atoms with van der Waals surface area (Å²) in [4.78, 5) is 11.4. The second-order valence-corrected chi connectivity index (χ2v) is 3.69. The second kappa shape index (κ2) is 4.43. The van der Waals surface area contributed by atoms with E-state index in [1.165, 1.54) is 5.56 Å². The zero-order chi connectivity index (χ0) is 9.84. The molecule has 0 bridgehead atoms. The van der Waals surface area contributed by atoms with Crippen LogP contribution in [-0.4, -0.2) is 11.2 Å². The van der Waals surface area contributed by atoms with Crippen LogP contribution < -0.4 is 0 Å². The molecule has 0 amide bonds. The summed E-state index contributed by atoms with van der Waals surface area (Å²) >= 11 is 5.69. The molecule has 0 radical (unpaired) electrons. The standard InChI is InChI=1S/C11H13ClO/c1-3-9-4-6-10(7-5-9)11(13)8(2)12/h4-8H,3H2,1-2H3/t8-/m1/s1. The summed E-state index contributed by atoms with van der Waals surface area (Å²) in [5.74, 6) is -0.00989. The van der Waals surface area contributed by atoms with E-state index in [0.717, 1.165) is 6.42 Å². The van der Waals surface area contributed by atoms with Gasteiger partial charge in [-0.3, -0.25) is 4.79 Å². The first-order valence-corrected chi connectivity index (χ1v) is 4.86. The van der Waals surface area contributed by atoms with Crippen molar-refractivity contribution in [2.24, 2.45) is 0 Å². The number of ketones is 1. The molecule has 0 aliphatic heterocycles. The third-order valence-corrected chi connectivity index (χ3v) is 2.21. The smallest absolute Gasteiger partial charge is 0.180 e. The molecule has 13 heavy (non-hydrogen) atoms. The van der Waals surface area contributed by atoms with Gasteiger partial charge in [0.15, 0.2) is 5.78 Å². The fraction of sp³-hybridized carbons (Fsp3) is 0.364. The Labute approximate surface area is 83.7 Å². The van der Waals surface area contributed by atoms with Crippen LogP contribution in [0.1, 0.15) is 29.8 Å². The summed E-state index contributed by atoms with van der Waals surface area (Å²) in [7, 11) is 0. The van der Waals surface area contributed by atoms with Crippen LogP contribution >= 0.6 is 11.6 Å². The van der Waals surface area contributed by atoms with Gasteiger partial charge in [-0.05, 0) is 18.9 Å². The molecule has 0 saturated carbocycles. The van der Waals surface area contributed by atoms with E-state index >= 15 is 0 Å². The van der Waals surface area contributed by atoms with Gasteiger partial charge in [0.25, 0.3) is 0 Å². The number of Topliss-reactive ketones (excluding diaryl/α,β-unsaturated/α-hetero) is 1. The highest BCUT2D eigenvalue weighted by Crippen LogP contribution is 2.10. The van der Waals surface area contributed by atoms with Gasteiger partial charge in [-0.15, -0.1) is 11.6 Å². The quantitative estimate of drug-likeness (QED) is 0.537. The lowest BCUT2D eigenvalue weighted by molar-refractivity contribution is 0.0992. The molecular formula is C11H13ClO. The number of benzene rings is 1. The molecular weight excluding hydrogens is 184 g/mol. The Hall–Kier alpha value is -0.820. The lowest BCUT2D eigenvalue weighted by atomic mass is 10.1. The van der Waals surface area contributed by atoms with Crippen LogP contribution in [0.4, 0.5) is 0 Å². The first-order valence-electron chi connectivity index (χ1n) is 4.42. The maximum Gasteiger partial charge on any atom is 0.180 e. The maximum absolute atomic E-state index is 11.4. The molecule has 0 heterocycles. The Morgan fingerprint density at radius 3 is 2.31 bits per heavy atom. The number of halogens is 1. The van der Waals surface area contributed by atoms with Gasteiger partial charge < -0.3 is 0 Å². The molecule has 2 heteroatoms. The number of alkyl halides is 1. The number of hydrogen-bond acceptors (Lipinski definition) is 1. The van der Waals surface area contributed by atoms with Crippen LogP contribution in [0, 0.1) is 0 Å². The third-order valence-electron chi connectivity index (χ3n) is 2.01. The molecule has 0 aliphatic carbocycles. The summed E-state index contributed by atoms with van der Waals surface area (Å²) in [6.07, 6.45) is 0.991. The van der Waals surface area contributed by atoms with Gasteiger partial charge in [-0.1, -0.05) is 31.2 Å². The summed E-state index contributed by atoms with van der Waals surface area (Å²) < 4.78 is 0. The number of carbonyl (C=O) groups excluding carboxylic acids is 1. The Bertz CT molecular complexity index is 287. The van der Waals surface area contributed by atoms with E-state index in [9.17, 15) is 4.79 Å². The van der Waals surface area contributed by atoms with Crippen molar-refractivity contribution in [3.63, 3.8) is 0 Å². The maximum atomic E-state index is 11.4. The fourth-order valence-electron chi connectivity index (χ4n) is 1.13. The molecule has 1 nitrogen and oxygen atoms in total. The summed E-state index contributed by atoms with van der Waals surface area (Å²) in [5, 5.41) is -0.438. The number of hydrogen-bond donors (Lipinski definition) is 0. The van der Waals surface area contributed by atoms with E-state index in [4.69, 9.17) is 11.6 Å². The normalized spacial score (nSPS) is 12.5. The SMILES string of the molecule is CCc1ccc(C(=O)[C@@H](C)Cl)cc1. The predicted molar refractivity (Wildman–Crippen MR) is 55.5 cm³/mol. The number of carbonyl (C=O) groups is 1. The lowest BCUT2D eigenvalue weighted by Gasteiger charge is -2.03. The molecule has 0 saturated heterocycles. The predicted octanol–water partition coefficient (Wildman–Crippen LogP) is 3.06. The largest absolute Gasteiger partial charge is 0.293 e. The van der Waals surface area contributed by atoms with Crippen LogP contribution in [0.25, 0.3) is 0 Å². The summed E-state index contributed by atoms with van der Waals surface area (Å²) in [5.41, 5.74) is 1.93. The Kier molecular flexibility index (Phi) is 3.49. The molecule has 0 aromatic heterocycles. The van der Waals surface area contributed by atoms with E-state index in [1.54, 1.807) is 6.92 Å². The van der Waals surface area contributed by atoms with Crippen molar-refractivity contribution in [3.8, 4) is 0 Å². The summed E-state index contributed by atoms with van der Waals surface area (Å²) in [6, 6.07) is 7.60. The highest BCUT2D eigenvalue weighted by atomic mass is 35.5. The molecule has 1 rings (SSSR count). The first-order chi connectivity index (χ1) is 6.15. The third kappa shape index (κ3) is 2.56. The molecule has 1 aromatic carbocycles. The second-order valence-electron chi connectivity index (χ2n) is 3.03. The fourth-order valence-corrected chi connectivity index (χ4v) is 1.26. The average molecular weight is 197 g/mol. The molecule has 0 unspecified atom stereocenters. The average Bonchev–Trinajstić information content (AvgIpc) is 2.17. The van der Waals surface area contributed by atoms with Crippen LogP contribution in [0.5, 0.6) is 0 Å². The zero-order valence-electron chi connectivity index (χ0n) is 7.88. The van der Waals surface area contributed by atoms with Gasteiger partial charge in [0.1, 0.15) is 0 Å². The van der Waals surface area contributed by atoms with Crippen molar-refractivity contribution in [1.29, 1.82) is 0 Å². The minimum Gasteiger partial charge on any atom is -0.293 e. The van der Waals surface area contributed by atoms with Crippen molar-refractivity contribution in [3.05, 3.63) is 35.4 Å². The minimum atomic E-state index is -0.438. The van der Waals surface area contributed by atoms with Crippen molar-refractivity contribution in [1.82, 2.24) is 0 Å². The molecule has 70 valence electrons. The van der Waals surface area contributed by atoms with E-state index in [2.05, 4.69) is 6.92 Å².